The number of amides is 4. The second-order valence-corrected chi connectivity index (χ2v) is 11.8. The number of benzene rings is 3. The SMILES string of the molecule is CCc1cccc(N(C(N)=O)C2CC(c3ccc(Cl)cc3)c3ccc(C)cc3N(CC(=O)NC(C)(C)C)C2=O)c1. The van der Waals surface area contributed by atoms with Crippen LogP contribution in [0, 0.1) is 6.92 Å². The third kappa shape index (κ3) is 6.48. The van der Waals surface area contributed by atoms with Crippen molar-refractivity contribution in [2.75, 3.05) is 16.3 Å². The van der Waals surface area contributed by atoms with Gasteiger partial charge in [-0.15, -0.1) is 0 Å². The third-order valence-corrected chi connectivity index (χ3v) is 7.35. The van der Waals surface area contributed by atoms with Crippen molar-refractivity contribution in [3.05, 3.63) is 94.0 Å². The fraction of sp³-hybridized carbons (Fsp3) is 0.344. The Bertz CT molecular complexity index is 1410. The van der Waals surface area contributed by atoms with Gasteiger partial charge in [0.15, 0.2) is 0 Å². The Morgan fingerprint density at radius 1 is 1.07 bits per heavy atom. The first-order chi connectivity index (χ1) is 18.9. The van der Waals surface area contributed by atoms with Crippen LogP contribution >= 0.6 is 11.6 Å². The van der Waals surface area contributed by atoms with Crippen LogP contribution in [0.1, 0.15) is 62.3 Å². The summed E-state index contributed by atoms with van der Waals surface area (Å²) in [5.74, 6) is -0.933. The Morgan fingerprint density at radius 3 is 2.40 bits per heavy atom. The molecule has 1 heterocycles. The maximum Gasteiger partial charge on any atom is 0.320 e. The molecule has 0 aliphatic carbocycles. The van der Waals surface area contributed by atoms with E-state index in [0.717, 1.165) is 28.7 Å². The predicted molar refractivity (Wildman–Crippen MR) is 161 cm³/mol. The number of urea groups is 1. The van der Waals surface area contributed by atoms with Gasteiger partial charge in [-0.2, -0.15) is 0 Å². The fourth-order valence-corrected chi connectivity index (χ4v) is 5.44. The number of aryl methyl sites for hydroxylation is 2. The lowest BCUT2D eigenvalue weighted by Gasteiger charge is -2.33. The highest BCUT2D eigenvalue weighted by Gasteiger charge is 2.41. The molecule has 0 saturated heterocycles. The topological polar surface area (TPSA) is 95.7 Å². The molecule has 1 aliphatic heterocycles. The molecule has 3 N–H and O–H groups in total. The first-order valence-electron chi connectivity index (χ1n) is 13.5. The van der Waals surface area contributed by atoms with Gasteiger partial charge in [0.1, 0.15) is 12.6 Å². The van der Waals surface area contributed by atoms with Crippen LogP contribution < -0.4 is 20.9 Å². The van der Waals surface area contributed by atoms with Crippen LogP contribution in [0.15, 0.2) is 66.7 Å². The molecule has 2 atom stereocenters. The van der Waals surface area contributed by atoms with E-state index in [1.165, 1.54) is 9.80 Å². The van der Waals surface area contributed by atoms with Gasteiger partial charge < -0.3 is 16.0 Å². The highest BCUT2D eigenvalue weighted by molar-refractivity contribution is 6.30. The highest BCUT2D eigenvalue weighted by atomic mass is 35.5. The maximum absolute atomic E-state index is 14.5. The van der Waals surface area contributed by atoms with E-state index in [-0.39, 0.29) is 30.7 Å². The van der Waals surface area contributed by atoms with Crippen LogP contribution in [0.3, 0.4) is 0 Å². The van der Waals surface area contributed by atoms with Crippen molar-refractivity contribution < 1.29 is 14.4 Å². The van der Waals surface area contributed by atoms with E-state index >= 15 is 0 Å². The Morgan fingerprint density at radius 2 is 1.77 bits per heavy atom. The zero-order valence-corrected chi connectivity index (χ0v) is 24.5. The summed E-state index contributed by atoms with van der Waals surface area (Å²) >= 11 is 6.21. The van der Waals surface area contributed by atoms with Gasteiger partial charge in [0.25, 0.3) is 5.91 Å². The van der Waals surface area contributed by atoms with Crippen molar-refractivity contribution in [2.24, 2.45) is 5.73 Å². The zero-order chi connectivity index (χ0) is 29.2. The molecule has 0 aromatic heterocycles. The molecule has 4 amide bonds. The molecule has 0 spiro atoms. The van der Waals surface area contributed by atoms with E-state index in [1.54, 1.807) is 6.07 Å². The van der Waals surface area contributed by atoms with Gasteiger partial charge >= 0.3 is 6.03 Å². The smallest absolute Gasteiger partial charge is 0.320 e. The number of halogens is 1. The number of nitrogens with two attached hydrogens (primary N) is 1. The van der Waals surface area contributed by atoms with Crippen molar-refractivity contribution in [2.45, 2.75) is 65.0 Å². The summed E-state index contributed by atoms with van der Waals surface area (Å²) in [6, 6.07) is 19.2. The van der Waals surface area contributed by atoms with E-state index < -0.39 is 17.6 Å². The minimum atomic E-state index is -0.958. The molecule has 7 nitrogen and oxygen atoms in total. The summed E-state index contributed by atoms with van der Waals surface area (Å²) in [6.07, 6.45) is 1.03. The van der Waals surface area contributed by atoms with Gasteiger partial charge in [-0.3, -0.25) is 14.5 Å². The zero-order valence-electron chi connectivity index (χ0n) is 23.7. The van der Waals surface area contributed by atoms with Crippen LogP contribution in [-0.4, -0.2) is 36.0 Å². The van der Waals surface area contributed by atoms with Crippen molar-refractivity contribution in [3.63, 3.8) is 0 Å². The normalized spacial score (nSPS) is 17.1. The average molecular weight is 561 g/mol. The number of nitrogens with one attached hydrogen (secondary N) is 1. The van der Waals surface area contributed by atoms with Gasteiger partial charge in [-0.05, 0) is 93.1 Å². The minimum absolute atomic E-state index is 0.196. The number of hydrogen-bond acceptors (Lipinski definition) is 3. The van der Waals surface area contributed by atoms with E-state index in [9.17, 15) is 14.4 Å². The molecule has 0 fully saturated rings. The van der Waals surface area contributed by atoms with Crippen molar-refractivity contribution in [1.82, 2.24) is 5.32 Å². The fourth-order valence-electron chi connectivity index (χ4n) is 5.31. The standard InChI is InChI=1S/C32H37ClN4O3/c1-6-21-8-7-9-24(17-21)37(31(34)40)28-18-26(22-11-13-23(33)14-12-22)25-15-10-20(2)16-27(25)36(30(28)39)19-29(38)35-32(3,4)5/h7-17,26,28H,6,18-19H2,1-5H3,(H2,34,40)(H,35,38). The summed E-state index contributed by atoms with van der Waals surface area (Å²) < 4.78 is 0. The van der Waals surface area contributed by atoms with E-state index in [1.807, 2.05) is 95.3 Å². The number of hydrogen-bond donors (Lipinski definition) is 2. The van der Waals surface area contributed by atoms with E-state index in [0.29, 0.717) is 16.4 Å². The van der Waals surface area contributed by atoms with Crippen molar-refractivity contribution in [3.8, 4) is 0 Å². The predicted octanol–water partition coefficient (Wildman–Crippen LogP) is 5.95. The first kappa shape index (κ1) is 29.2. The first-order valence-corrected chi connectivity index (χ1v) is 13.9. The van der Waals surface area contributed by atoms with Gasteiger partial charge in [0.2, 0.25) is 5.91 Å². The molecular weight excluding hydrogens is 524 g/mol. The molecule has 210 valence electrons. The maximum atomic E-state index is 14.5. The minimum Gasteiger partial charge on any atom is -0.351 e. The average Bonchev–Trinajstić information content (AvgIpc) is 2.99. The number of primary amides is 1. The number of carbonyl (C=O) groups is 3. The van der Waals surface area contributed by atoms with Crippen LogP contribution in [0.25, 0.3) is 0 Å². The summed E-state index contributed by atoms with van der Waals surface area (Å²) in [5.41, 5.74) is 10.5. The molecule has 1 aliphatic rings. The van der Waals surface area contributed by atoms with Crippen LogP contribution in [-0.2, 0) is 16.0 Å². The lowest BCUT2D eigenvalue weighted by Crippen LogP contribution is -2.55. The Hall–Kier alpha value is -3.84. The molecule has 0 radical (unpaired) electrons. The van der Waals surface area contributed by atoms with Crippen LogP contribution in [0.4, 0.5) is 16.2 Å². The summed E-state index contributed by atoms with van der Waals surface area (Å²) in [7, 11) is 0. The van der Waals surface area contributed by atoms with Crippen molar-refractivity contribution >= 4 is 40.8 Å². The summed E-state index contributed by atoms with van der Waals surface area (Å²) in [5, 5.41) is 3.56. The molecular formula is C32H37ClN4O3. The number of carbonyl (C=O) groups excluding carboxylic acids is 3. The van der Waals surface area contributed by atoms with E-state index in [2.05, 4.69) is 5.32 Å². The molecule has 4 rings (SSSR count). The molecule has 3 aromatic rings. The lowest BCUT2D eigenvalue weighted by atomic mass is 9.85. The van der Waals surface area contributed by atoms with Gasteiger partial charge in [-0.1, -0.05) is 54.9 Å². The second-order valence-electron chi connectivity index (χ2n) is 11.4. The van der Waals surface area contributed by atoms with Gasteiger partial charge in [0.05, 0.1) is 0 Å². The second kappa shape index (κ2) is 11.7. The van der Waals surface area contributed by atoms with Gasteiger partial charge in [0, 0.05) is 27.9 Å². The number of rotatable bonds is 6. The lowest BCUT2D eigenvalue weighted by molar-refractivity contribution is -0.125. The molecule has 0 saturated carbocycles. The number of anilines is 2. The third-order valence-electron chi connectivity index (χ3n) is 7.10. The van der Waals surface area contributed by atoms with Crippen molar-refractivity contribution in [1.29, 1.82) is 0 Å². The number of fused-ring (bicyclic) bond motifs is 1. The largest absolute Gasteiger partial charge is 0.351 e. The molecule has 2 unspecified atom stereocenters. The van der Waals surface area contributed by atoms with Gasteiger partial charge in [-0.25, -0.2) is 4.79 Å². The Balaban J connectivity index is 1.91. The Labute approximate surface area is 241 Å². The summed E-state index contributed by atoms with van der Waals surface area (Å²) in [6.45, 7) is 9.45. The van der Waals surface area contributed by atoms with Crippen LogP contribution in [0.5, 0.6) is 0 Å². The number of nitrogens with zero attached hydrogens (tertiary/aromatic N) is 2. The van der Waals surface area contributed by atoms with Crippen LogP contribution in [0.2, 0.25) is 5.02 Å². The van der Waals surface area contributed by atoms with E-state index in [4.69, 9.17) is 17.3 Å². The quantitative estimate of drug-likeness (QED) is 0.390. The monoisotopic (exact) mass is 560 g/mol. The summed E-state index contributed by atoms with van der Waals surface area (Å²) in [4.78, 5) is 43.7. The molecule has 40 heavy (non-hydrogen) atoms. The molecule has 0 bridgehead atoms. The Kier molecular flexibility index (Phi) is 8.54. The molecule has 8 heteroatoms. The highest BCUT2D eigenvalue weighted by Crippen LogP contribution is 2.42. The molecule has 3 aromatic carbocycles.